The maximum absolute atomic E-state index is 13.6. The van der Waals surface area contributed by atoms with Crippen LogP contribution in [0.25, 0.3) is 0 Å². The van der Waals surface area contributed by atoms with Gasteiger partial charge < -0.3 is 25.6 Å². The van der Waals surface area contributed by atoms with Crippen LogP contribution in [0.4, 0.5) is 0 Å². The van der Waals surface area contributed by atoms with Crippen molar-refractivity contribution in [1.82, 2.24) is 15.1 Å². The molecule has 2 aromatic carbocycles. The highest BCUT2D eigenvalue weighted by molar-refractivity contribution is 7.10. The largest absolute Gasteiger partial charge is 0.457 e. The maximum Gasteiger partial charge on any atom is 0.254 e. The predicted molar refractivity (Wildman–Crippen MR) is 152 cm³/mol. The van der Waals surface area contributed by atoms with Crippen molar-refractivity contribution in [3.8, 4) is 11.5 Å². The van der Waals surface area contributed by atoms with Crippen molar-refractivity contribution in [3.05, 3.63) is 81.5 Å². The molecule has 0 unspecified atom stereocenters. The highest BCUT2D eigenvalue weighted by Crippen LogP contribution is 2.59. The number of rotatable bonds is 8. The van der Waals surface area contributed by atoms with Crippen molar-refractivity contribution < 1.29 is 19.1 Å². The number of nitrogens with two attached hydrogens (primary N) is 1. The van der Waals surface area contributed by atoms with Crippen LogP contribution >= 0.6 is 11.3 Å². The third kappa shape index (κ3) is 4.95. The zero-order valence-electron chi connectivity index (χ0n) is 22.2. The van der Waals surface area contributed by atoms with Gasteiger partial charge in [0.25, 0.3) is 5.91 Å². The van der Waals surface area contributed by atoms with Crippen molar-refractivity contribution in [2.45, 2.75) is 44.8 Å². The second-order valence-electron chi connectivity index (χ2n) is 11.0. The number of para-hydroxylation sites is 1. The molecule has 3 atom stereocenters. The highest BCUT2D eigenvalue weighted by Gasteiger charge is 2.64. The molecular weight excluding hydrogens is 526 g/mol. The molecule has 6 rings (SSSR count). The number of benzene rings is 2. The summed E-state index contributed by atoms with van der Waals surface area (Å²) < 4.78 is 5.92. The Morgan fingerprint density at radius 3 is 2.70 bits per heavy atom. The third-order valence-electron chi connectivity index (χ3n) is 8.18. The monoisotopic (exact) mass is 557 g/mol. The number of nitrogens with one attached hydrogen (secondary N) is 2. The Morgan fingerprint density at radius 2 is 1.95 bits per heavy atom. The van der Waals surface area contributed by atoms with Crippen molar-refractivity contribution in [3.63, 3.8) is 0 Å². The lowest BCUT2D eigenvalue weighted by molar-refractivity contribution is -0.140. The maximum atomic E-state index is 13.6. The number of amidine groups is 1. The first kappa shape index (κ1) is 26.1. The number of carbonyl (C=O) groups is 3. The fraction of sp³-hybridized carbons (Fsp3) is 0.333. The van der Waals surface area contributed by atoms with Crippen LogP contribution in [0.15, 0.2) is 60.0 Å². The van der Waals surface area contributed by atoms with Crippen molar-refractivity contribution in [2.24, 2.45) is 11.1 Å². The molecule has 4 N–H and O–H groups in total. The van der Waals surface area contributed by atoms with Crippen LogP contribution in [0.2, 0.25) is 0 Å². The van der Waals surface area contributed by atoms with E-state index in [4.69, 9.17) is 15.9 Å². The molecule has 206 valence electrons. The standard InChI is InChI=1S/C30H31N5O4S/c1-30-13-24(28(37)33-15-22-12-19(17-40-22)27(31)32)35(25(30)14-30)26(36)16-34-10-9-18-11-21(7-8-23(18)29(34)38)39-20-5-3-2-4-6-20/h2-8,11-12,17,24-25H,9-10,13-16H2,1H3,(H3,31,32)(H,33,37)/t24-,25-,30+/m0/s1. The first-order chi connectivity index (χ1) is 19.2. The summed E-state index contributed by atoms with van der Waals surface area (Å²) >= 11 is 1.43. The second kappa shape index (κ2) is 10.1. The molecule has 0 radical (unpaired) electrons. The minimum absolute atomic E-state index is 0.00903. The van der Waals surface area contributed by atoms with E-state index in [-0.39, 0.29) is 41.6 Å². The van der Waals surface area contributed by atoms with E-state index in [2.05, 4.69) is 12.2 Å². The summed E-state index contributed by atoms with van der Waals surface area (Å²) in [4.78, 5) is 44.3. The summed E-state index contributed by atoms with van der Waals surface area (Å²) in [5, 5.41) is 12.3. The van der Waals surface area contributed by atoms with Gasteiger partial charge in [-0.15, -0.1) is 11.3 Å². The van der Waals surface area contributed by atoms with E-state index in [9.17, 15) is 14.4 Å². The van der Waals surface area contributed by atoms with Gasteiger partial charge in [0.1, 0.15) is 29.9 Å². The number of carbonyl (C=O) groups excluding carboxylic acids is 3. The Balaban J connectivity index is 1.10. The van der Waals surface area contributed by atoms with Crippen molar-refractivity contribution in [2.75, 3.05) is 13.1 Å². The molecule has 1 aromatic heterocycles. The first-order valence-electron chi connectivity index (χ1n) is 13.4. The lowest BCUT2D eigenvalue weighted by Gasteiger charge is -2.32. The molecule has 2 fully saturated rings. The van der Waals surface area contributed by atoms with Crippen molar-refractivity contribution in [1.29, 1.82) is 5.41 Å². The Kier molecular flexibility index (Phi) is 6.58. The first-order valence-corrected chi connectivity index (χ1v) is 14.3. The van der Waals surface area contributed by atoms with Crippen molar-refractivity contribution >= 4 is 34.9 Å². The number of nitrogens with zero attached hydrogens (tertiary/aromatic N) is 2. The number of thiophene rings is 1. The SMILES string of the molecule is C[C@@]12C[C@@H]1N(C(=O)CN1CCc3cc(Oc4ccccc4)ccc3C1=O)[C@H](C(=O)NCc1cc(C(=N)N)cs1)C2. The van der Waals surface area contributed by atoms with Gasteiger partial charge in [-0.1, -0.05) is 25.1 Å². The van der Waals surface area contributed by atoms with E-state index >= 15 is 0 Å². The lowest BCUT2D eigenvalue weighted by atomic mass is 9.98. The quantitative estimate of drug-likeness (QED) is 0.288. The van der Waals surface area contributed by atoms with Gasteiger partial charge in [0, 0.05) is 34.0 Å². The minimum atomic E-state index is -0.562. The lowest BCUT2D eigenvalue weighted by Crippen LogP contribution is -2.52. The molecule has 0 bridgehead atoms. The van der Waals surface area contributed by atoms with Crippen LogP contribution in [0, 0.1) is 10.8 Å². The average Bonchev–Trinajstić information content (AvgIpc) is 3.25. The molecule has 3 aliphatic rings. The van der Waals surface area contributed by atoms with Crippen LogP contribution in [0.1, 0.15) is 46.1 Å². The zero-order valence-corrected chi connectivity index (χ0v) is 23.0. The van der Waals surface area contributed by atoms with Crippen LogP contribution in [0.5, 0.6) is 11.5 Å². The Labute approximate surface area is 236 Å². The molecule has 1 saturated heterocycles. The van der Waals surface area contributed by atoms with Gasteiger partial charge in [-0.05, 0) is 66.6 Å². The van der Waals surface area contributed by atoms with Crippen LogP contribution in [-0.2, 0) is 22.6 Å². The second-order valence-corrected chi connectivity index (χ2v) is 12.0. The molecule has 1 saturated carbocycles. The number of fused-ring (bicyclic) bond motifs is 2. The van der Waals surface area contributed by atoms with Crippen LogP contribution in [-0.4, -0.2) is 58.5 Å². The minimum Gasteiger partial charge on any atom is -0.457 e. The summed E-state index contributed by atoms with van der Waals surface area (Å²) in [5.41, 5.74) is 7.59. The predicted octanol–water partition coefficient (Wildman–Crippen LogP) is 3.52. The topological polar surface area (TPSA) is 129 Å². The molecule has 9 nitrogen and oxygen atoms in total. The van der Waals surface area contributed by atoms with Gasteiger partial charge >= 0.3 is 0 Å². The zero-order chi connectivity index (χ0) is 28.0. The molecule has 3 amide bonds. The van der Waals surface area contributed by atoms with E-state index in [1.807, 2.05) is 36.4 Å². The molecule has 10 heteroatoms. The molecule has 40 heavy (non-hydrogen) atoms. The van der Waals surface area contributed by atoms with Gasteiger partial charge in [-0.2, -0.15) is 0 Å². The number of piperidine rings is 1. The molecular formula is C30H31N5O4S. The highest BCUT2D eigenvalue weighted by atomic mass is 32.1. The van der Waals surface area contributed by atoms with Gasteiger partial charge in [0.2, 0.25) is 11.8 Å². The fourth-order valence-electron chi connectivity index (χ4n) is 5.86. The Morgan fingerprint density at radius 1 is 1.15 bits per heavy atom. The van der Waals surface area contributed by atoms with Gasteiger partial charge in [0.05, 0.1) is 6.54 Å². The summed E-state index contributed by atoms with van der Waals surface area (Å²) in [6.07, 6.45) is 2.10. The van der Waals surface area contributed by atoms with E-state index in [1.54, 1.807) is 33.4 Å². The number of nitrogen functional groups attached to an aromatic ring is 1. The van der Waals surface area contributed by atoms with Gasteiger partial charge in [0.15, 0.2) is 0 Å². The van der Waals surface area contributed by atoms with Crippen LogP contribution in [0.3, 0.4) is 0 Å². The number of amides is 3. The molecule has 3 heterocycles. The van der Waals surface area contributed by atoms with E-state index < -0.39 is 6.04 Å². The normalized spacial score (nSPS) is 22.9. The third-order valence-corrected chi connectivity index (χ3v) is 9.11. The summed E-state index contributed by atoms with van der Waals surface area (Å²) in [7, 11) is 0. The fourth-order valence-corrected chi connectivity index (χ4v) is 6.69. The molecule has 1 aliphatic carbocycles. The van der Waals surface area contributed by atoms with Crippen LogP contribution < -0.4 is 15.8 Å². The Bertz CT molecular complexity index is 1500. The summed E-state index contributed by atoms with van der Waals surface area (Å²) in [6.45, 7) is 2.80. The summed E-state index contributed by atoms with van der Waals surface area (Å²) in [5.74, 6) is 0.817. The number of hydrogen-bond donors (Lipinski definition) is 3. The van der Waals surface area contributed by atoms with Gasteiger partial charge in [-0.25, -0.2) is 0 Å². The molecule has 2 aliphatic heterocycles. The molecule has 3 aromatic rings. The number of likely N-dealkylation sites (tertiary alicyclic amines) is 1. The smallest absolute Gasteiger partial charge is 0.254 e. The number of hydrogen-bond acceptors (Lipinski definition) is 6. The average molecular weight is 558 g/mol. The van der Waals surface area contributed by atoms with Gasteiger partial charge in [-0.3, -0.25) is 19.8 Å². The van der Waals surface area contributed by atoms with E-state index in [0.29, 0.717) is 42.8 Å². The van der Waals surface area contributed by atoms with E-state index in [1.165, 1.54) is 11.3 Å². The number of ether oxygens (including phenoxy) is 1. The Hall–Kier alpha value is -4.18. The summed E-state index contributed by atoms with van der Waals surface area (Å²) in [6, 6.07) is 16.2. The van der Waals surface area contributed by atoms with E-state index in [0.717, 1.165) is 22.6 Å². The molecule has 0 spiro atoms.